The van der Waals surface area contributed by atoms with Crippen LogP contribution in [0.3, 0.4) is 0 Å². The molecule has 6 heteroatoms. The molecule has 1 aromatic heterocycles. The van der Waals surface area contributed by atoms with Gasteiger partial charge in [0.25, 0.3) is 0 Å². The van der Waals surface area contributed by atoms with Crippen molar-refractivity contribution in [2.75, 3.05) is 19.8 Å². The molecule has 134 valence electrons. The molecule has 0 aliphatic carbocycles. The Kier molecular flexibility index (Phi) is 6.06. The molecule has 1 aliphatic rings. The second kappa shape index (κ2) is 8.67. The van der Waals surface area contributed by atoms with Crippen molar-refractivity contribution in [3.05, 3.63) is 36.7 Å². The van der Waals surface area contributed by atoms with Gasteiger partial charge in [0, 0.05) is 38.4 Å². The van der Waals surface area contributed by atoms with Crippen LogP contribution in [0.5, 0.6) is 5.75 Å². The lowest BCUT2D eigenvalue weighted by molar-refractivity contribution is -0.121. The zero-order valence-electron chi connectivity index (χ0n) is 14.6. The molecular formula is C19H25N3O3. The third-order valence-electron chi connectivity index (χ3n) is 4.26. The first-order valence-corrected chi connectivity index (χ1v) is 8.81. The Morgan fingerprint density at radius 3 is 2.88 bits per heavy atom. The summed E-state index contributed by atoms with van der Waals surface area (Å²) >= 11 is 0. The molecule has 1 aromatic carbocycles. The van der Waals surface area contributed by atoms with Gasteiger partial charge in [-0.2, -0.15) is 5.10 Å². The summed E-state index contributed by atoms with van der Waals surface area (Å²) in [5.74, 6) is 0.874. The highest BCUT2D eigenvalue weighted by atomic mass is 16.5. The third-order valence-corrected chi connectivity index (χ3v) is 4.26. The monoisotopic (exact) mass is 343 g/mol. The normalized spacial score (nSPS) is 16.8. The summed E-state index contributed by atoms with van der Waals surface area (Å²) in [7, 11) is 1.90. The number of nitrogens with one attached hydrogen (secondary N) is 1. The molecule has 0 saturated carbocycles. The summed E-state index contributed by atoms with van der Waals surface area (Å²) in [6.07, 6.45) is 7.31. The van der Waals surface area contributed by atoms with E-state index < -0.39 is 0 Å². The van der Waals surface area contributed by atoms with E-state index in [1.54, 1.807) is 4.68 Å². The number of aryl methyl sites for hydroxylation is 1. The Hall–Kier alpha value is -2.34. The number of hydrogen-bond acceptors (Lipinski definition) is 4. The molecule has 1 fully saturated rings. The maximum atomic E-state index is 11.8. The Balaban J connectivity index is 1.33. The van der Waals surface area contributed by atoms with Gasteiger partial charge >= 0.3 is 0 Å². The van der Waals surface area contributed by atoms with Gasteiger partial charge in [0.05, 0.1) is 18.9 Å². The predicted octanol–water partition coefficient (Wildman–Crippen LogP) is 2.54. The first kappa shape index (κ1) is 17.5. The highest BCUT2D eigenvalue weighted by Gasteiger charge is 2.15. The molecule has 1 unspecified atom stereocenters. The van der Waals surface area contributed by atoms with Gasteiger partial charge in [0.1, 0.15) is 5.75 Å². The van der Waals surface area contributed by atoms with Crippen molar-refractivity contribution in [3.63, 3.8) is 0 Å². The summed E-state index contributed by atoms with van der Waals surface area (Å²) in [5, 5.41) is 7.10. The Labute approximate surface area is 148 Å². The second-order valence-electron chi connectivity index (χ2n) is 6.32. The number of carbonyl (C=O) groups excluding carboxylic acids is 1. The molecule has 1 saturated heterocycles. The lowest BCUT2D eigenvalue weighted by Gasteiger charge is -2.11. The van der Waals surface area contributed by atoms with E-state index in [1.807, 2.05) is 43.7 Å². The van der Waals surface area contributed by atoms with Crippen LogP contribution in [-0.2, 0) is 16.6 Å². The van der Waals surface area contributed by atoms with Gasteiger partial charge in [-0.05, 0) is 37.0 Å². The molecule has 1 aliphatic heterocycles. The summed E-state index contributed by atoms with van der Waals surface area (Å²) < 4.78 is 13.0. The largest absolute Gasteiger partial charge is 0.494 e. The maximum absolute atomic E-state index is 11.8. The molecule has 2 aromatic rings. The predicted molar refractivity (Wildman–Crippen MR) is 95.4 cm³/mol. The van der Waals surface area contributed by atoms with Gasteiger partial charge in [-0.15, -0.1) is 0 Å². The SMILES string of the molecule is Cn1cc(-c2ccc(OCCCC(=O)NCC3CCCO3)cc2)cn1. The van der Waals surface area contributed by atoms with Crippen molar-refractivity contribution >= 4 is 5.91 Å². The zero-order chi connectivity index (χ0) is 17.5. The third kappa shape index (κ3) is 5.32. The van der Waals surface area contributed by atoms with Crippen LogP contribution in [0.1, 0.15) is 25.7 Å². The average Bonchev–Trinajstić information content (AvgIpc) is 3.29. The van der Waals surface area contributed by atoms with E-state index in [9.17, 15) is 4.79 Å². The smallest absolute Gasteiger partial charge is 0.220 e. The van der Waals surface area contributed by atoms with E-state index in [0.717, 1.165) is 36.3 Å². The number of benzene rings is 1. The van der Waals surface area contributed by atoms with Gasteiger partial charge in [-0.1, -0.05) is 12.1 Å². The van der Waals surface area contributed by atoms with Gasteiger partial charge in [0.2, 0.25) is 5.91 Å². The van der Waals surface area contributed by atoms with Crippen molar-refractivity contribution in [2.45, 2.75) is 31.8 Å². The van der Waals surface area contributed by atoms with Crippen LogP contribution in [-0.4, -0.2) is 41.6 Å². The summed E-state index contributed by atoms with van der Waals surface area (Å²) in [6, 6.07) is 7.92. The number of hydrogen-bond donors (Lipinski definition) is 1. The van der Waals surface area contributed by atoms with Crippen LogP contribution in [0.4, 0.5) is 0 Å². The van der Waals surface area contributed by atoms with Crippen LogP contribution in [0.25, 0.3) is 11.1 Å². The Bertz CT molecular complexity index is 675. The number of nitrogens with zero attached hydrogens (tertiary/aromatic N) is 2. The fraction of sp³-hybridized carbons (Fsp3) is 0.474. The van der Waals surface area contributed by atoms with E-state index in [4.69, 9.17) is 9.47 Å². The number of rotatable bonds is 8. The van der Waals surface area contributed by atoms with Gasteiger partial charge in [0.15, 0.2) is 0 Å². The summed E-state index contributed by atoms with van der Waals surface area (Å²) in [4.78, 5) is 11.8. The van der Waals surface area contributed by atoms with Gasteiger partial charge in [-0.3, -0.25) is 9.48 Å². The van der Waals surface area contributed by atoms with Crippen LogP contribution in [0.15, 0.2) is 36.7 Å². The average molecular weight is 343 g/mol. The van der Waals surface area contributed by atoms with Crippen LogP contribution < -0.4 is 10.1 Å². The van der Waals surface area contributed by atoms with E-state index in [-0.39, 0.29) is 12.0 Å². The first-order valence-electron chi connectivity index (χ1n) is 8.81. The van der Waals surface area contributed by atoms with Crippen molar-refractivity contribution in [3.8, 4) is 16.9 Å². The van der Waals surface area contributed by atoms with E-state index in [0.29, 0.717) is 26.0 Å². The maximum Gasteiger partial charge on any atom is 0.220 e. The van der Waals surface area contributed by atoms with Gasteiger partial charge in [-0.25, -0.2) is 0 Å². The molecule has 1 amide bonds. The van der Waals surface area contributed by atoms with Crippen LogP contribution >= 0.6 is 0 Å². The number of amides is 1. The van der Waals surface area contributed by atoms with E-state index >= 15 is 0 Å². The van der Waals surface area contributed by atoms with Crippen LogP contribution in [0, 0.1) is 0 Å². The second-order valence-corrected chi connectivity index (χ2v) is 6.32. The minimum atomic E-state index is 0.0611. The molecule has 0 spiro atoms. The highest BCUT2D eigenvalue weighted by molar-refractivity contribution is 5.75. The molecule has 0 bridgehead atoms. The number of aromatic nitrogens is 2. The molecule has 1 atom stereocenters. The van der Waals surface area contributed by atoms with Crippen molar-refractivity contribution in [1.82, 2.24) is 15.1 Å². The minimum Gasteiger partial charge on any atom is -0.494 e. The Morgan fingerprint density at radius 1 is 1.36 bits per heavy atom. The molecule has 0 radical (unpaired) electrons. The quantitative estimate of drug-likeness (QED) is 0.748. The standard InChI is InChI=1S/C19H25N3O3/c1-22-14-16(12-21-22)15-6-8-17(9-7-15)24-11-3-5-19(23)20-13-18-4-2-10-25-18/h6-9,12,14,18H,2-5,10-11,13H2,1H3,(H,20,23). The molecule has 6 nitrogen and oxygen atoms in total. The number of carbonyl (C=O) groups is 1. The van der Waals surface area contributed by atoms with Crippen molar-refractivity contribution in [2.24, 2.45) is 7.05 Å². The highest BCUT2D eigenvalue weighted by Crippen LogP contribution is 2.21. The lowest BCUT2D eigenvalue weighted by atomic mass is 10.1. The minimum absolute atomic E-state index is 0.0611. The molecular weight excluding hydrogens is 318 g/mol. The van der Waals surface area contributed by atoms with Crippen molar-refractivity contribution in [1.29, 1.82) is 0 Å². The fourth-order valence-electron chi connectivity index (χ4n) is 2.86. The van der Waals surface area contributed by atoms with E-state index in [1.165, 1.54) is 0 Å². The molecule has 2 heterocycles. The topological polar surface area (TPSA) is 65.4 Å². The molecule has 25 heavy (non-hydrogen) atoms. The summed E-state index contributed by atoms with van der Waals surface area (Å²) in [5.41, 5.74) is 2.19. The lowest BCUT2D eigenvalue weighted by Crippen LogP contribution is -2.31. The van der Waals surface area contributed by atoms with Crippen molar-refractivity contribution < 1.29 is 14.3 Å². The summed E-state index contributed by atoms with van der Waals surface area (Å²) in [6.45, 7) is 1.96. The zero-order valence-corrected chi connectivity index (χ0v) is 14.6. The number of ether oxygens (including phenoxy) is 2. The fourth-order valence-corrected chi connectivity index (χ4v) is 2.86. The first-order chi connectivity index (χ1) is 12.2. The Morgan fingerprint density at radius 2 is 2.20 bits per heavy atom. The van der Waals surface area contributed by atoms with Gasteiger partial charge < -0.3 is 14.8 Å². The molecule has 3 rings (SSSR count). The van der Waals surface area contributed by atoms with Crippen LogP contribution in [0.2, 0.25) is 0 Å². The molecule has 1 N–H and O–H groups in total. The van der Waals surface area contributed by atoms with E-state index in [2.05, 4.69) is 10.4 Å².